The first-order valence-corrected chi connectivity index (χ1v) is 8.53. The molecule has 0 amide bonds. The van der Waals surface area contributed by atoms with Gasteiger partial charge in [0.15, 0.2) is 0 Å². The second-order valence-electron chi connectivity index (χ2n) is 4.64. The zero-order chi connectivity index (χ0) is 13.2. The first kappa shape index (κ1) is 12.9. The predicted octanol–water partition coefficient (Wildman–Crippen LogP) is 2.43. The largest absolute Gasteiger partial charge is 0.385 e. The highest BCUT2D eigenvalue weighted by atomic mass is 32.2. The molecule has 1 aromatic heterocycles. The minimum Gasteiger partial charge on any atom is -0.385 e. The molecule has 0 spiro atoms. The Kier molecular flexibility index (Phi) is 3.75. The van der Waals surface area contributed by atoms with Crippen molar-refractivity contribution in [3.63, 3.8) is 0 Å². The number of fused-ring (bicyclic) bond motifs is 1. The molecule has 1 aliphatic heterocycles. The Labute approximate surface area is 120 Å². The Morgan fingerprint density at radius 2 is 2.16 bits per heavy atom. The summed E-state index contributed by atoms with van der Waals surface area (Å²) < 4.78 is 1.73. The van der Waals surface area contributed by atoms with Gasteiger partial charge in [-0.2, -0.15) is 23.5 Å². The van der Waals surface area contributed by atoms with Crippen LogP contribution in [0.5, 0.6) is 0 Å². The quantitative estimate of drug-likeness (QED) is 0.923. The van der Waals surface area contributed by atoms with Gasteiger partial charge in [0, 0.05) is 34.4 Å². The summed E-state index contributed by atoms with van der Waals surface area (Å²) in [5, 5.41) is 2.16. The Morgan fingerprint density at radius 1 is 1.32 bits per heavy atom. The molecular formula is C14H16N2OS2. The van der Waals surface area contributed by atoms with Crippen molar-refractivity contribution in [3.05, 3.63) is 40.7 Å². The first-order chi connectivity index (χ1) is 9.25. The zero-order valence-electron chi connectivity index (χ0n) is 10.5. The molecule has 1 fully saturated rings. The molecule has 5 heteroatoms. The lowest BCUT2D eigenvalue weighted by molar-refractivity contribution is 0.684. The summed E-state index contributed by atoms with van der Waals surface area (Å²) in [4.78, 5) is 12.5. The number of rotatable bonds is 2. The molecule has 0 radical (unpaired) electrons. The molecule has 3 rings (SSSR count). The molecule has 2 aromatic rings. The normalized spacial score (nSPS) is 19.7. The molecular weight excluding hydrogens is 276 g/mol. The molecule has 1 atom stereocenters. The van der Waals surface area contributed by atoms with E-state index in [9.17, 15) is 4.79 Å². The molecule has 2 heterocycles. The standard InChI is InChI=1S/C14H16N2OS2/c15-13-7-10-3-1-2-4-12(10)14(17)16(13)8-11-9-18-5-6-19-11/h1-4,7,11H,5-6,8-9,15H2. The maximum Gasteiger partial charge on any atom is 0.260 e. The lowest BCUT2D eigenvalue weighted by atomic mass is 10.1. The van der Waals surface area contributed by atoms with E-state index in [0.717, 1.165) is 22.3 Å². The summed E-state index contributed by atoms with van der Waals surface area (Å²) in [6, 6.07) is 9.53. The number of hydrogen-bond donors (Lipinski definition) is 1. The van der Waals surface area contributed by atoms with Gasteiger partial charge in [0.1, 0.15) is 5.82 Å². The molecule has 0 bridgehead atoms. The van der Waals surface area contributed by atoms with Crippen LogP contribution in [0.1, 0.15) is 0 Å². The molecule has 0 saturated carbocycles. The van der Waals surface area contributed by atoms with Crippen LogP contribution in [0.3, 0.4) is 0 Å². The fourth-order valence-corrected chi connectivity index (χ4v) is 5.00. The SMILES string of the molecule is Nc1cc2ccccc2c(=O)n1CC1CSCCS1. The molecule has 19 heavy (non-hydrogen) atoms. The molecule has 100 valence electrons. The summed E-state index contributed by atoms with van der Waals surface area (Å²) >= 11 is 3.91. The lowest BCUT2D eigenvalue weighted by Gasteiger charge is -2.22. The van der Waals surface area contributed by atoms with Gasteiger partial charge < -0.3 is 5.73 Å². The zero-order valence-corrected chi connectivity index (χ0v) is 12.2. The smallest absolute Gasteiger partial charge is 0.260 e. The summed E-state index contributed by atoms with van der Waals surface area (Å²) in [5.74, 6) is 4.05. The van der Waals surface area contributed by atoms with Gasteiger partial charge >= 0.3 is 0 Å². The number of nitrogens with two attached hydrogens (primary N) is 1. The van der Waals surface area contributed by atoms with E-state index in [2.05, 4.69) is 0 Å². The number of anilines is 1. The number of hydrogen-bond acceptors (Lipinski definition) is 4. The highest BCUT2D eigenvalue weighted by Crippen LogP contribution is 2.25. The molecule has 2 N–H and O–H groups in total. The monoisotopic (exact) mass is 292 g/mol. The molecule has 1 aromatic carbocycles. The highest BCUT2D eigenvalue weighted by molar-refractivity contribution is 8.06. The topological polar surface area (TPSA) is 48.0 Å². The van der Waals surface area contributed by atoms with Crippen LogP contribution in [0, 0.1) is 0 Å². The molecule has 1 aliphatic rings. The van der Waals surface area contributed by atoms with Crippen molar-refractivity contribution in [2.24, 2.45) is 0 Å². The highest BCUT2D eigenvalue weighted by Gasteiger charge is 2.17. The number of pyridine rings is 1. The van der Waals surface area contributed by atoms with Gasteiger partial charge in [-0.25, -0.2) is 0 Å². The van der Waals surface area contributed by atoms with E-state index in [1.165, 1.54) is 5.75 Å². The number of aromatic nitrogens is 1. The number of nitrogen functional groups attached to an aromatic ring is 1. The van der Waals surface area contributed by atoms with Crippen molar-refractivity contribution in [2.75, 3.05) is 23.0 Å². The average Bonchev–Trinajstić information content (AvgIpc) is 2.45. The number of benzene rings is 1. The second-order valence-corrected chi connectivity index (χ2v) is 7.20. The van der Waals surface area contributed by atoms with Crippen LogP contribution in [0.2, 0.25) is 0 Å². The van der Waals surface area contributed by atoms with Gasteiger partial charge in [-0.3, -0.25) is 9.36 Å². The molecule has 0 aliphatic carbocycles. The van der Waals surface area contributed by atoms with Crippen LogP contribution < -0.4 is 11.3 Å². The summed E-state index contributed by atoms with van der Waals surface area (Å²) in [5.41, 5.74) is 6.09. The third kappa shape index (κ3) is 2.62. The van der Waals surface area contributed by atoms with Crippen LogP contribution in [-0.4, -0.2) is 27.1 Å². The fraction of sp³-hybridized carbons (Fsp3) is 0.357. The van der Waals surface area contributed by atoms with Crippen LogP contribution >= 0.6 is 23.5 Å². The van der Waals surface area contributed by atoms with Crippen LogP contribution in [-0.2, 0) is 6.54 Å². The van der Waals surface area contributed by atoms with Gasteiger partial charge in [0.25, 0.3) is 5.56 Å². The van der Waals surface area contributed by atoms with E-state index in [0.29, 0.717) is 17.6 Å². The average molecular weight is 292 g/mol. The summed E-state index contributed by atoms with van der Waals surface area (Å²) in [6.45, 7) is 0.715. The van der Waals surface area contributed by atoms with Crippen molar-refractivity contribution in [2.45, 2.75) is 11.8 Å². The van der Waals surface area contributed by atoms with Gasteiger partial charge in [0.05, 0.1) is 0 Å². The predicted molar refractivity (Wildman–Crippen MR) is 86.2 cm³/mol. The first-order valence-electron chi connectivity index (χ1n) is 6.33. The second kappa shape index (κ2) is 5.51. The molecule has 1 saturated heterocycles. The van der Waals surface area contributed by atoms with Crippen LogP contribution in [0.25, 0.3) is 10.8 Å². The van der Waals surface area contributed by atoms with Gasteiger partial charge in [-0.1, -0.05) is 18.2 Å². The summed E-state index contributed by atoms with van der Waals surface area (Å²) in [7, 11) is 0. The minimum absolute atomic E-state index is 0.0340. The van der Waals surface area contributed by atoms with E-state index in [1.807, 2.05) is 53.9 Å². The van der Waals surface area contributed by atoms with Crippen LogP contribution in [0.4, 0.5) is 5.82 Å². The maximum atomic E-state index is 12.5. The van der Waals surface area contributed by atoms with E-state index >= 15 is 0 Å². The van der Waals surface area contributed by atoms with Gasteiger partial charge in [-0.15, -0.1) is 0 Å². The van der Waals surface area contributed by atoms with Crippen molar-refractivity contribution < 1.29 is 0 Å². The van der Waals surface area contributed by atoms with Crippen molar-refractivity contribution in [3.8, 4) is 0 Å². The molecule has 1 unspecified atom stereocenters. The summed E-state index contributed by atoms with van der Waals surface area (Å²) in [6.07, 6.45) is 0. The van der Waals surface area contributed by atoms with Crippen molar-refractivity contribution in [1.29, 1.82) is 0 Å². The van der Waals surface area contributed by atoms with E-state index in [1.54, 1.807) is 4.57 Å². The Morgan fingerprint density at radius 3 is 2.95 bits per heavy atom. The van der Waals surface area contributed by atoms with Crippen molar-refractivity contribution in [1.82, 2.24) is 4.57 Å². The van der Waals surface area contributed by atoms with Gasteiger partial charge in [-0.05, 0) is 17.5 Å². The molecule has 3 nitrogen and oxygen atoms in total. The third-order valence-corrected chi connectivity index (χ3v) is 6.15. The lowest BCUT2D eigenvalue weighted by Crippen LogP contribution is -2.30. The third-order valence-electron chi connectivity index (χ3n) is 3.32. The van der Waals surface area contributed by atoms with Crippen molar-refractivity contribution >= 4 is 40.1 Å². The Bertz CT molecular complexity index is 647. The Balaban J connectivity index is 2.00. The number of thioether (sulfide) groups is 2. The fourth-order valence-electron chi connectivity index (χ4n) is 2.35. The number of nitrogens with zero attached hydrogens (tertiary/aromatic N) is 1. The maximum absolute atomic E-state index is 12.5. The van der Waals surface area contributed by atoms with Crippen LogP contribution in [0.15, 0.2) is 35.1 Å². The van der Waals surface area contributed by atoms with Gasteiger partial charge in [0.2, 0.25) is 0 Å². The van der Waals surface area contributed by atoms with E-state index in [-0.39, 0.29) is 5.56 Å². The van der Waals surface area contributed by atoms with E-state index in [4.69, 9.17) is 5.73 Å². The Hall–Kier alpha value is -1.07. The van der Waals surface area contributed by atoms with E-state index < -0.39 is 0 Å². The minimum atomic E-state index is 0.0340.